The predicted molar refractivity (Wildman–Crippen MR) is 134 cm³/mol. The SMILES string of the molecule is CCOc1cc(C=C2N=C(c3ccc(C(C)(C)C)cc3)OC2=O)ccc1OCc1ccc(F)cc1. The maximum Gasteiger partial charge on any atom is 0.363 e. The monoisotopic (exact) mass is 473 g/mol. The number of aliphatic imine (C=N–C) groups is 1. The lowest BCUT2D eigenvalue weighted by Gasteiger charge is -2.18. The van der Waals surface area contributed by atoms with E-state index in [0.29, 0.717) is 18.1 Å². The van der Waals surface area contributed by atoms with Crippen molar-refractivity contribution < 1.29 is 23.4 Å². The molecule has 0 bridgehead atoms. The van der Waals surface area contributed by atoms with Gasteiger partial charge in [-0.1, -0.05) is 51.1 Å². The number of cyclic esters (lactones) is 1. The highest BCUT2D eigenvalue weighted by atomic mass is 19.1. The van der Waals surface area contributed by atoms with E-state index >= 15 is 0 Å². The molecule has 4 rings (SSSR count). The number of ether oxygens (including phenoxy) is 3. The normalized spacial score (nSPS) is 14.6. The van der Waals surface area contributed by atoms with Crippen molar-refractivity contribution in [3.05, 3.63) is 100 Å². The molecular formula is C29H28FNO4. The molecule has 0 spiro atoms. The van der Waals surface area contributed by atoms with Crippen molar-refractivity contribution in [1.82, 2.24) is 0 Å². The van der Waals surface area contributed by atoms with Crippen LogP contribution in [0.25, 0.3) is 6.08 Å². The van der Waals surface area contributed by atoms with Crippen LogP contribution in [0.1, 0.15) is 49.9 Å². The molecule has 180 valence electrons. The number of rotatable bonds is 7. The van der Waals surface area contributed by atoms with Gasteiger partial charge in [0.1, 0.15) is 12.4 Å². The maximum atomic E-state index is 13.1. The minimum atomic E-state index is -0.505. The molecule has 0 fully saturated rings. The van der Waals surface area contributed by atoms with E-state index in [1.807, 2.05) is 37.3 Å². The van der Waals surface area contributed by atoms with Gasteiger partial charge in [0.15, 0.2) is 17.2 Å². The summed E-state index contributed by atoms with van der Waals surface area (Å²) < 4.78 is 30.2. The van der Waals surface area contributed by atoms with E-state index in [9.17, 15) is 9.18 Å². The first-order valence-electron chi connectivity index (χ1n) is 11.5. The van der Waals surface area contributed by atoms with Gasteiger partial charge in [0.05, 0.1) is 6.61 Å². The summed E-state index contributed by atoms with van der Waals surface area (Å²) in [5.41, 5.74) is 3.74. The summed E-state index contributed by atoms with van der Waals surface area (Å²) in [7, 11) is 0. The summed E-state index contributed by atoms with van der Waals surface area (Å²) in [6.07, 6.45) is 1.66. The predicted octanol–water partition coefficient (Wildman–Crippen LogP) is 6.45. The Balaban J connectivity index is 1.53. The topological polar surface area (TPSA) is 57.1 Å². The van der Waals surface area contributed by atoms with Crippen molar-refractivity contribution in [2.75, 3.05) is 6.61 Å². The van der Waals surface area contributed by atoms with Gasteiger partial charge in [0.25, 0.3) is 0 Å². The summed E-state index contributed by atoms with van der Waals surface area (Å²) in [4.78, 5) is 16.9. The van der Waals surface area contributed by atoms with Gasteiger partial charge in [-0.05, 0) is 71.5 Å². The van der Waals surface area contributed by atoms with Gasteiger partial charge >= 0.3 is 5.97 Å². The quantitative estimate of drug-likeness (QED) is 0.292. The second kappa shape index (κ2) is 10.1. The van der Waals surface area contributed by atoms with Crippen LogP contribution in [0.15, 0.2) is 77.4 Å². The van der Waals surface area contributed by atoms with Crippen LogP contribution >= 0.6 is 0 Å². The molecule has 1 heterocycles. The number of nitrogens with zero attached hydrogens (tertiary/aromatic N) is 1. The Kier molecular flexibility index (Phi) is 7.01. The zero-order valence-electron chi connectivity index (χ0n) is 20.3. The Bertz CT molecular complexity index is 1270. The zero-order chi connectivity index (χ0) is 25.0. The molecule has 0 aliphatic carbocycles. The first-order valence-corrected chi connectivity index (χ1v) is 11.5. The highest BCUT2D eigenvalue weighted by Gasteiger charge is 2.25. The van der Waals surface area contributed by atoms with Gasteiger partial charge in [0, 0.05) is 5.56 Å². The smallest absolute Gasteiger partial charge is 0.363 e. The molecule has 1 aliphatic rings. The molecule has 0 N–H and O–H groups in total. The van der Waals surface area contributed by atoms with Crippen LogP contribution in [0.3, 0.4) is 0 Å². The van der Waals surface area contributed by atoms with E-state index in [0.717, 1.165) is 16.7 Å². The van der Waals surface area contributed by atoms with E-state index in [1.165, 1.54) is 17.7 Å². The highest BCUT2D eigenvalue weighted by Crippen LogP contribution is 2.31. The Morgan fingerprint density at radius 2 is 1.66 bits per heavy atom. The fourth-order valence-corrected chi connectivity index (χ4v) is 3.55. The number of carbonyl (C=O) groups excluding carboxylic acids is 1. The van der Waals surface area contributed by atoms with Crippen LogP contribution in [0.4, 0.5) is 4.39 Å². The largest absolute Gasteiger partial charge is 0.490 e. The summed E-state index contributed by atoms with van der Waals surface area (Å²) in [6.45, 7) is 9.03. The molecule has 0 atom stereocenters. The molecule has 3 aromatic carbocycles. The van der Waals surface area contributed by atoms with Gasteiger partial charge in [-0.25, -0.2) is 14.2 Å². The minimum Gasteiger partial charge on any atom is -0.490 e. The molecule has 0 saturated carbocycles. The summed E-state index contributed by atoms with van der Waals surface area (Å²) >= 11 is 0. The molecule has 0 unspecified atom stereocenters. The van der Waals surface area contributed by atoms with Gasteiger partial charge in [-0.15, -0.1) is 0 Å². The van der Waals surface area contributed by atoms with E-state index in [-0.39, 0.29) is 29.4 Å². The molecule has 5 nitrogen and oxygen atoms in total. The third kappa shape index (κ3) is 5.96. The van der Waals surface area contributed by atoms with Crippen LogP contribution in [0, 0.1) is 5.82 Å². The molecule has 0 aromatic heterocycles. The highest BCUT2D eigenvalue weighted by molar-refractivity contribution is 6.12. The molecule has 0 radical (unpaired) electrons. The van der Waals surface area contributed by atoms with Crippen LogP contribution in [-0.4, -0.2) is 18.5 Å². The van der Waals surface area contributed by atoms with Crippen molar-refractivity contribution in [3.8, 4) is 11.5 Å². The van der Waals surface area contributed by atoms with Crippen molar-refractivity contribution >= 4 is 17.9 Å². The second-order valence-corrected chi connectivity index (χ2v) is 9.22. The minimum absolute atomic E-state index is 0.0327. The Labute approximate surface area is 204 Å². The summed E-state index contributed by atoms with van der Waals surface area (Å²) in [5, 5.41) is 0. The van der Waals surface area contributed by atoms with Crippen molar-refractivity contribution in [2.24, 2.45) is 4.99 Å². The van der Waals surface area contributed by atoms with E-state index in [4.69, 9.17) is 14.2 Å². The van der Waals surface area contributed by atoms with Crippen molar-refractivity contribution in [1.29, 1.82) is 0 Å². The molecular weight excluding hydrogens is 445 g/mol. The average molecular weight is 474 g/mol. The lowest BCUT2D eigenvalue weighted by atomic mass is 9.87. The number of halogens is 1. The molecule has 6 heteroatoms. The van der Waals surface area contributed by atoms with Crippen molar-refractivity contribution in [3.63, 3.8) is 0 Å². The first-order chi connectivity index (χ1) is 16.7. The molecule has 0 saturated heterocycles. The van der Waals surface area contributed by atoms with Crippen molar-refractivity contribution in [2.45, 2.75) is 39.7 Å². The van der Waals surface area contributed by atoms with Gasteiger partial charge < -0.3 is 14.2 Å². The molecule has 1 aliphatic heterocycles. The molecule has 35 heavy (non-hydrogen) atoms. The fourth-order valence-electron chi connectivity index (χ4n) is 3.55. The summed E-state index contributed by atoms with van der Waals surface area (Å²) in [6, 6.07) is 19.4. The lowest BCUT2D eigenvalue weighted by Crippen LogP contribution is -2.11. The van der Waals surface area contributed by atoms with E-state index in [2.05, 4.69) is 25.8 Å². The Hall–Kier alpha value is -3.93. The van der Waals surface area contributed by atoms with Gasteiger partial charge in [0.2, 0.25) is 5.90 Å². The van der Waals surface area contributed by atoms with Crippen LogP contribution in [0.2, 0.25) is 0 Å². The van der Waals surface area contributed by atoms with E-state index in [1.54, 1.807) is 30.3 Å². The molecule has 3 aromatic rings. The maximum absolute atomic E-state index is 13.1. The van der Waals surface area contributed by atoms with Gasteiger partial charge in [-0.2, -0.15) is 0 Å². The third-order valence-electron chi connectivity index (χ3n) is 5.50. The molecule has 0 amide bonds. The number of hydrogen-bond donors (Lipinski definition) is 0. The third-order valence-corrected chi connectivity index (χ3v) is 5.50. The first kappa shape index (κ1) is 24.2. The zero-order valence-corrected chi connectivity index (χ0v) is 20.3. The Morgan fingerprint density at radius 1 is 0.943 bits per heavy atom. The lowest BCUT2D eigenvalue weighted by molar-refractivity contribution is -0.129. The second-order valence-electron chi connectivity index (χ2n) is 9.22. The number of esters is 1. The summed E-state index contributed by atoms with van der Waals surface area (Å²) in [5.74, 6) is 0.576. The van der Waals surface area contributed by atoms with Crippen LogP contribution in [0.5, 0.6) is 11.5 Å². The Morgan fingerprint density at radius 3 is 2.31 bits per heavy atom. The number of carbonyl (C=O) groups is 1. The van der Waals surface area contributed by atoms with Gasteiger partial charge in [-0.3, -0.25) is 0 Å². The number of hydrogen-bond acceptors (Lipinski definition) is 5. The van der Waals surface area contributed by atoms with E-state index < -0.39 is 5.97 Å². The average Bonchev–Trinajstić information content (AvgIpc) is 3.19. The van der Waals surface area contributed by atoms with Crippen LogP contribution in [-0.2, 0) is 21.6 Å². The standard InChI is InChI=1S/C29H28FNO4/c1-5-33-26-17-20(8-15-25(26)34-18-19-6-13-23(30)14-7-19)16-24-28(32)35-27(31-24)21-9-11-22(12-10-21)29(2,3)4/h6-17H,5,18H2,1-4H3. The van der Waals surface area contributed by atoms with Crippen LogP contribution < -0.4 is 9.47 Å². The number of benzene rings is 3. The fraction of sp³-hybridized carbons (Fsp3) is 0.241.